The molecule has 0 radical (unpaired) electrons. The van der Waals surface area contributed by atoms with Gasteiger partial charge < -0.3 is 0 Å². The Hall–Kier alpha value is -0.681. The first-order valence-corrected chi connectivity index (χ1v) is 8.00. The van der Waals surface area contributed by atoms with Crippen molar-refractivity contribution in [1.82, 2.24) is 4.33 Å². The Morgan fingerprint density at radius 3 is 1.27 bits per heavy atom. The summed E-state index contributed by atoms with van der Waals surface area (Å²) in [7, 11) is 0. The van der Waals surface area contributed by atoms with E-state index in [1.165, 1.54) is 0 Å². The number of carbonyl (C=O) groups is 4. The van der Waals surface area contributed by atoms with Crippen molar-refractivity contribution in [3.63, 3.8) is 0 Å². The van der Waals surface area contributed by atoms with E-state index >= 15 is 0 Å². The minimum absolute atomic E-state index is 0. The number of hydrogen-bond donors (Lipinski definition) is 2. The molecule has 10 nitrogen and oxygen atoms in total. The Balaban J connectivity index is 0. The predicted molar refractivity (Wildman–Crippen MR) is 71.3 cm³/mol. The van der Waals surface area contributed by atoms with Crippen LogP contribution in [0.25, 0.3) is 0 Å². The van der Waals surface area contributed by atoms with Crippen molar-refractivity contribution in [2.45, 2.75) is 27.7 Å². The van der Waals surface area contributed by atoms with Gasteiger partial charge in [0.25, 0.3) is 0 Å². The third-order valence-electron chi connectivity index (χ3n) is 1.34. The van der Waals surface area contributed by atoms with Crippen LogP contribution in [0, 0.1) is 0 Å². The summed E-state index contributed by atoms with van der Waals surface area (Å²) < 4.78 is 21.8. The van der Waals surface area contributed by atoms with E-state index in [0.29, 0.717) is 0 Å². The van der Waals surface area contributed by atoms with Crippen LogP contribution in [0.2, 0.25) is 0 Å². The third-order valence-corrected chi connectivity index (χ3v) is 5.08. The van der Waals surface area contributed by atoms with Crippen molar-refractivity contribution < 1.29 is 47.8 Å². The zero-order valence-corrected chi connectivity index (χ0v) is 13.2. The second-order valence-electron chi connectivity index (χ2n) is 3.56. The summed E-state index contributed by atoms with van der Waals surface area (Å²) in [5.74, 6) is -3.98. The Labute approximate surface area is 151 Å². The molecule has 0 saturated heterocycles. The molecule has 127 valence electrons. The molecule has 3 N–H and O–H groups in total. The fourth-order valence-electron chi connectivity index (χ4n) is 1.09. The van der Waals surface area contributed by atoms with Crippen LogP contribution in [0.5, 0.6) is 0 Å². The molecule has 0 atom stereocenters. The summed E-state index contributed by atoms with van der Waals surface area (Å²) >= 11 is -5.49. The summed E-state index contributed by atoms with van der Waals surface area (Å²) in [5, 5.41) is 0. The van der Waals surface area contributed by atoms with Gasteiger partial charge in [-0.15, -0.1) is 0 Å². The van der Waals surface area contributed by atoms with Gasteiger partial charge in [0.1, 0.15) is 0 Å². The molecular weight excluding hydrogens is 355 g/mol. The molecule has 0 unspecified atom stereocenters. The molecule has 12 heteroatoms. The molecule has 0 amide bonds. The minimum atomic E-state index is -5.49. The van der Waals surface area contributed by atoms with Crippen LogP contribution in [0.1, 0.15) is 27.7 Å². The van der Waals surface area contributed by atoms with Gasteiger partial charge in [-0.25, -0.2) is 0 Å². The van der Waals surface area contributed by atoms with E-state index in [2.05, 4.69) is 4.33 Å². The first kappa shape index (κ1) is 23.6. The monoisotopic (exact) mass is 375 g/mol. The van der Waals surface area contributed by atoms with E-state index in [-0.39, 0.29) is 42.6 Å². The quantitative estimate of drug-likeness (QED) is 0.500. The number of nitrogens with two attached hydrogens (primary N) is 1. The van der Waals surface area contributed by atoms with Gasteiger partial charge in [0, 0.05) is 0 Å². The zero-order chi connectivity index (χ0) is 16.7. The fraction of sp³-hybridized carbons (Fsp3) is 0.600. The average Bonchev–Trinajstić information content (AvgIpc) is 2.21. The Bertz CT molecular complexity index is 383. The number of hydrogen-bond acceptors (Lipinski definition) is 10. The molecule has 0 saturated carbocycles. The van der Waals surface area contributed by atoms with Crippen LogP contribution in [-0.2, 0) is 47.8 Å². The number of nitrogens with one attached hydrogen (secondary N) is 1. The first-order valence-electron chi connectivity index (χ1n) is 5.65. The van der Waals surface area contributed by atoms with E-state index in [0.717, 1.165) is 27.7 Å². The average molecular weight is 375 g/mol. The molecule has 0 rings (SSSR count). The van der Waals surface area contributed by atoms with Crippen LogP contribution in [0.15, 0.2) is 0 Å². The van der Waals surface area contributed by atoms with Gasteiger partial charge in [-0.05, 0) is 0 Å². The fourth-order valence-corrected chi connectivity index (χ4v) is 4.48. The van der Waals surface area contributed by atoms with Gasteiger partial charge in [-0.2, -0.15) is 0 Å². The van der Waals surface area contributed by atoms with Crippen LogP contribution in [-0.4, -0.2) is 66.5 Å². The Morgan fingerprint density at radius 1 is 0.818 bits per heavy atom. The van der Waals surface area contributed by atoms with Crippen molar-refractivity contribution >= 4 is 53.4 Å². The van der Waals surface area contributed by atoms with Gasteiger partial charge in [0.15, 0.2) is 0 Å². The molecule has 0 bridgehead atoms. The maximum absolute atomic E-state index is 11.3. The topological polar surface area (TPSA) is 143 Å². The van der Waals surface area contributed by atoms with Crippen LogP contribution < -0.4 is 10.1 Å². The normalized spacial score (nSPS) is 12.0. The first-order chi connectivity index (χ1) is 9.54. The van der Waals surface area contributed by atoms with E-state index in [4.69, 9.17) is 21.0 Å². The summed E-state index contributed by atoms with van der Waals surface area (Å²) in [6.07, 6.45) is 0. The van der Waals surface area contributed by atoms with Crippen LogP contribution >= 0.6 is 0 Å². The molecule has 0 aliphatic carbocycles. The van der Waals surface area contributed by atoms with Gasteiger partial charge in [-0.3, -0.25) is 0 Å². The molecule has 0 aromatic rings. The van der Waals surface area contributed by atoms with E-state index in [1.54, 1.807) is 0 Å². The molecule has 0 fully saturated rings. The number of carbonyl (C=O) groups excluding carboxylic acids is 4. The second-order valence-corrected chi connectivity index (χ2v) is 6.86. The van der Waals surface area contributed by atoms with Crippen molar-refractivity contribution in [2.24, 2.45) is 5.73 Å². The van der Waals surface area contributed by atoms with Gasteiger partial charge in [-0.1, -0.05) is 0 Å². The molecule has 0 aliphatic heterocycles. The van der Waals surface area contributed by atoms with Gasteiger partial charge in [0.05, 0.1) is 0 Å². The van der Waals surface area contributed by atoms with Crippen molar-refractivity contribution in [3.05, 3.63) is 0 Å². The Morgan fingerprint density at radius 2 is 1.09 bits per heavy atom. The summed E-state index contributed by atoms with van der Waals surface area (Å²) in [4.78, 5) is 45.4. The molecule has 0 aromatic heterocycles. The van der Waals surface area contributed by atoms with Crippen LogP contribution in [0.3, 0.4) is 0 Å². The van der Waals surface area contributed by atoms with E-state index in [9.17, 15) is 19.2 Å². The van der Waals surface area contributed by atoms with Crippen molar-refractivity contribution in [3.8, 4) is 0 Å². The molecular formula is C10H20FeN2NaO8. The standard InChI is InChI=1S/C2H7N2.4C2H4O2.Fe.Na.H/c3-1-2-4;4*1-2(3)4;;;/h3H,1-2,4H2;4*1H3,(H,3,4);;;/q-1;;;;;+5;;/p-4. The summed E-state index contributed by atoms with van der Waals surface area (Å²) in [6, 6.07) is 0. The summed E-state index contributed by atoms with van der Waals surface area (Å²) in [5.41, 5.74) is 5.32. The maximum atomic E-state index is 11.3. The SMILES string of the molecule is CC(=O)[O][Fe]([NH]CCN)([O]C(C)=O)([O]C(C)=O)[O]C(C)=O.[NaH]. The number of rotatable bonds is 7. The summed E-state index contributed by atoms with van der Waals surface area (Å²) in [6.45, 7) is 3.72. The van der Waals surface area contributed by atoms with Crippen molar-refractivity contribution in [2.75, 3.05) is 13.1 Å². The van der Waals surface area contributed by atoms with E-state index < -0.39 is 37.2 Å². The zero-order valence-electron chi connectivity index (χ0n) is 12.1. The molecule has 0 aromatic carbocycles. The molecule has 22 heavy (non-hydrogen) atoms. The molecule has 0 spiro atoms. The predicted octanol–water partition coefficient (Wildman–Crippen LogP) is -1.60. The van der Waals surface area contributed by atoms with Crippen molar-refractivity contribution in [1.29, 1.82) is 0 Å². The van der Waals surface area contributed by atoms with E-state index in [1.807, 2.05) is 0 Å². The van der Waals surface area contributed by atoms with Gasteiger partial charge in [0.2, 0.25) is 0 Å². The molecule has 0 aliphatic rings. The van der Waals surface area contributed by atoms with Gasteiger partial charge >= 0.3 is 152 Å². The Kier molecular flexibility index (Phi) is 10.1. The molecule has 0 heterocycles. The second kappa shape index (κ2) is 9.46. The third kappa shape index (κ3) is 7.54. The van der Waals surface area contributed by atoms with Crippen LogP contribution in [0.4, 0.5) is 0 Å².